The van der Waals surface area contributed by atoms with Crippen molar-refractivity contribution in [1.29, 1.82) is 0 Å². The van der Waals surface area contributed by atoms with Crippen LogP contribution in [0.1, 0.15) is 45.1 Å². The number of rotatable bonds is 7. The fourth-order valence-electron chi connectivity index (χ4n) is 4.12. The number of hydrogen-bond acceptors (Lipinski definition) is 6. The Hall–Kier alpha value is -2.51. The third-order valence-corrected chi connectivity index (χ3v) is 5.23. The standard InChI is InChI=1S/C22H30N4O3/c1-4-25-21(28)20-16(13-29-9-7-23)26-15-10-22(2,3)11-17(27)19(15)18(20)14-6-5-8-24-12-14/h5-6,8,12,18,26H,4,7,9-11,13,23H2,1-3H3,(H,25,28). The van der Waals surface area contributed by atoms with E-state index in [1.807, 2.05) is 19.1 Å². The molecule has 7 heteroatoms. The Balaban J connectivity index is 2.14. The van der Waals surface area contributed by atoms with Gasteiger partial charge in [0.2, 0.25) is 5.91 Å². The van der Waals surface area contributed by atoms with Gasteiger partial charge in [0, 0.05) is 49.1 Å². The van der Waals surface area contributed by atoms with Crippen molar-refractivity contribution in [1.82, 2.24) is 15.6 Å². The molecule has 156 valence electrons. The maximum Gasteiger partial charge on any atom is 0.250 e. The number of aromatic nitrogens is 1. The lowest BCUT2D eigenvalue weighted by molar-refractivity contribution is -0.118. The molecule has 7 nitrogen and oxygen atoms in total. The lowest BCUT2D eigenvalue weighted by Gasteiger charge is -2.40. The molecule has 1 unspecified atom stereocenters. The molecule has 0 bridgehead atoms. The zero-order valence-corrected chi connectivity index (χ0v) is 17.4. The lowest BCUT2D eigenvalue weighted by Crippen LogP contribution is -2.42. The van der Waals surface area contributed by atoms with Crippen LogP contribution in [0, 0.1) is 5.41 Å². The fourth-order valence-corrected chi connectivity index (χ4v) is 4.12. The summed E-state index contributed by atoms with van der Waals surface area (Å²) in [5, 5.41) is 6.27. The maximum absolute atomic E-state index is 13.2. The molecule has 0 fully saturated rings. The number of pyridine rings is 1. The minimum atomic E-state index is -0.466. The predicted molar refractivity (Wildman–Crippen MR) is 111 cm³/mol. The second kappa shape index (κ2) is 8.88. The van der Waals surface area contributed by atoms with E-state index in [4.69, 9.17) is 10.5 Å². The van der Waals surface area contributed by atoms with Crippen molar-refractivity contribution >= 4 is 11.7 Å². The van der Waals surface area contributed by atoms with Gasteiger partial charge < -0.3 is 21.1 Å². The number of Topliss-reactive ketones (excluding diaryl/α,β-unsaturated/α-hetero) is 1. The van der Waals surface area contributed by atoms with Crippen LogP contribution in [0.4, 0.5) is 0 Å². The highest BCUT2D eigenvalue weighted by molar-refractivity contribution is 6.05. The van der Waals surface area contributed by atoms with Crippen molar-refractivity contribution in [3.63, 3.8) is 0 Å². The summed E-state index contributed by atoms with van der Waals surface area (Å²) in [4.78, 5) is 30.5. The molecule has 1 aromatic heterocycles. The number of allylic oxidation sites excluding steroid dienone is 2. The van der Waals surface area contributed by atoms with E-state index >= 15 is 0 Å². The first kappa shape index (κ1) is 21.2. The molecule has 0 radical (unpaired) electrons. The van der Waals surface area contributed by atoms with E-state index in [1.165, 1.54) is 0 Å². The molecule has 1 aliphatic heterocycles. The Labute approximate surface area is 171 Å². The number of carbonyl (C=O) groups is 2. The Morgan fingerprint density at radius 2 is 2.21 bits per heavy atom. The number of ketones is 1. The molecule has 1 aromatic rings. The van der Waals surface area contributed by atoms with Crippen LogP contribution in [0.5, 0.6) is 0 Å². The van der Waals surface area contributed by atoms with E-state index in [1.54, 1.807) is 12.4 Å². The van der Waals surface area contributed by atoms with Crippen LogP contribution in [0.15, 0.2) is 47.1 Å². The van der Waals surface area contributed by atoms with E-state index in [0.29, 0.717) is 43.0 Å². The topological polar surface area (TPSA) is 106 Å². The Morgan fingerprint density at radius 3 is 2.86 bits per heavy atom. The van der Waals surface area contributed by atoms with Gasteiger partial charge in [-0.15, -0.1) is 0 Å². The van der Waals surface area contributed by atoms with Gasteiger partial charge in [0.05, 0.1) is 24.5 Å². The van der Waals surface area contributed by atoms with Gasteiger partial charge in [-0.2, -0.15) is 0 Å². The first-order chi connectivity index (χ1) is 13.9. The second-order valence-corrected chi connectivity index (χ2v) is 8.27. The molecular weight excluding hydrogens is 368 g/mol. The minimum Gasteiger partial charge on any atom is -0.374 e. The molecule has 0 saturated carbocycles. The number of dihydropyridines is 1. The Morgan fingerprint density at radius 1 is 1.41 bits per heavy atom. The third-order valence-electron chi connectivity index (χ3n) is 5.23. The molecule has 4 N–H and O–H groups in total. The number of nitrogens with two attached hydrogens (primary N) is 1. The van der Waals surface area contributed by atoms with Crippen LogP contribution in [0.25, 0.3) is 0 Å². The van der Waals surface area contributed by atoms with E-state index in [0.717, 1.165) is 17.7 Å². The molecule has 3 rings (SSSR count). The van der Waals surface area contributed by atoms with Gasteiger partial charge in [-0.1, -0.05) is 19.9 Å². The summed E-state index contributed by atoms with van der Waals surface area (Å²) < 4.78 is 5.68. The molecule has 0 saturated heterocycles. The minimum absolute atomic E-state index is 0.0707. The van der Waals surface area contributed by atoms with Gasteiger partial charge in [0.15, 0.2) is 5.78 Å². The summed E-state index contributed by atoms with van der Waals surface area (Å²) in [5.74, 6) is -0.600. The molecule has 1 aliphatic carbocycles. The van der Waals surface area contributed by atoms with Gasteiger partial charge >= 0.3 is 0 Å². The summed E-state index contributed by atoms with van der Waals surface area (Å²) in [6.07, 6.45) is 4.59. The van der Waals surface area contributed by atoms with Crippen LogP contribution >= 0.6 is 0 Å². The predicted octanol–water partition coefficient (Wildman–Crippen LogP) is 1.78. The smallest absolute Gasteiger partial charge is 0.250 e. The van der Waals surface area contributed by atoms with Crippen LogP contribution in [-0.2, 0) is 14.3 Å². The quantitative estimate of drug-likeness (QED) is 0.605. The lowest BCUT2D eigenvalue weighted by atomic mass is 9.68. The number of carbonyl (C=O) groups excluding carboxylic acids is 2. The number of nitrogens with zero attached hydrogens (tertiary/aromatic N) is 1. The number of amides is 1. The summed E-state index contributed by atoms with van der Waals surface area (Å²) >= 11 is 0. The average Bonchev–Trinajstić information content (AvgIpc) is 2.67. The SMILES string of the molecule is CCNC(=O)C1=C(COCCN)NC2=C(C(=O)CC(C)(C)C2)C1c1cccnc1. The molecule has 0 aromatic carbocycles. The highest BCUT2D eigenvalue weighted by Gasteiger charge is 2.43. The zero-order valence-electron chi connectivity index (χ0n) is 17.4. The van der Waals surface area contributed by atoms with E-state index in [-0.39, 0.29) is 23.7 Å². The number of likely N-dealkylation sites (N-methyl/N-ethyl adjacent to an activating group) is 1. The molecule has 0 spiro atoms. The number of nitrogens with one attached hydrogen (secondary N) is 2. The first-order valence-electron chi connectivity index (χ1n) is 10.1. The summed E-state index contributed by atoms with van der Waals surface area (Å²) in [6, 6.07) is 3.74. The number of hydrogen-bond donors (Lipinski definition) is 3. The highest BCUT2D eigenvalue weighted by Crippen LogP contribution is 2.46. The maximum atomic E-state index is 13.2. The van der Waals surface area contributed by atoms with Crippen molar-refractivity contribution in [2.45, 2.75) is 39.5 Å². The van der Waals surface area contributed by atoms with Crippen molar-refractivity contribution in [2.24, 2.45) is 11.1 Å². The first-order valence-corrected chi connectivity index (χ1v) is 10.1. The second-order valence-electron chi connectivity index (χ2n) is 8.27. The number of ether oxygens (including phenoxy) is 1. The molecule has 29 heavy (non-hydrogen) atoms. The average molecular weight is 399 g/mol. The van der Waals surface area contributed by atoms with E-state index in [9.17, 15) is 9.59 Å². The summed E-state index contributed by atoms with van der Waals surface area (Å²) in [7, 11) is 0. The van der Waals surface area contributed by atoms with Crippen LogP contribution < -0.4 is 16.4 Å². The Bertz CT molecular complexity index is 843. The van der Waals surface area contributed by atoms with E-state index in [2.05, 4.69) is 29.5 Å². The summed E-state index contributed by atoms with van der Waals surface area (Å²) in [5.41, 5.74) is 8.99. The highest BCUT2D eigenvalue weighted by atomic mass is 16.5. The van der Waals surface area contributed by atoms with Crippen LogP contribution in [0.3, 0.4) is 0 Å². The van der Waals surface area contributed by atoms with Crippen molar-refractivity contribution in [3.05, 3.63) is 52.6 Å². The van der Waals surface area contributed by atoms with Crippen LogP contribution in [-0.4, -0.2) is 43.0 Å². The molecule has 1 amide bonds. The van der Waals surface area contributed by atoms with E-state index < -0.39 is 5.92 Å². The normalized spacial score (nSPS) is 21.0. The van der Waals surface area contributed by atoms with Crippen molar-refractivity contribution < 1.29 is 14.3 Å². The third kappa shape index (κ3) is 4.57. The van der Waals surface area contributed by atoms with Gasteiger partial charge in [-0.3, -0.25) is 14.6 Å². The van der Waals surface area contributed by atoms with Crippen LogP contribution in [0.2, 0.25) is 0 Å². The largest absolute Gasteiger partial charge is 0.374 e. The summed E-state index contributed by atoms with van der Waals surface area (Å²) in [6.45, 7) is 7.55. The molecular formula is C22H30N4O3. The zero-order chi connectivity index (χ0) is 21.0. The van der Waals surface area contributed by atoms with Gasteiger partial charge in [0.25, 0.3) is 0 Å². The molecule has 1 atom stereocenters. The van der Waals surface area contributed by atoms with Gasteiger partial charge in [-0.25, -0.2) is 0 Å². The molecule has 2 aliphatic rings. The monoisotopic (exact) mass is 398 g/mol. The van der Waals surface area contributed by atoms with Crippen molar-refractivity contribution in [3.8, 4) is 0 Å². The fraction of sp³-hybridized carbons (Fsp3) is 0.500. The van der Waals surface area contributed by atoms with Gasteiger partial charge in [0.1, 0.15) is 0 Å². The molecule has 2 heterocycles. The van der Waals surface area contributed by atoms with Crippen molar-refractivity contribution in [2.75, 3.05) is 26.3 Å². The van der Waals surface area contributed by atoms with Gasteiger partial charge in [-0.05, 0) is 30.4 Å². The Kier molecular flexibility index (Phi) is 6.49.